The maximum Gasteiger partial charge on any atom is 0.410 e. The molecule has 1 atom stereocenters. The Labute approximate surface area is 303 Å². The highest BCUT2D eigenvalue weighted by molar-refractivity contribution is 7.92. The Hall–Kier alpha value is -4.98. The van der Waals surface area contributed by atoms with Crippen molar-refractivity contribution in [2.45, 2.75) is 39.2 Å². The van der Waals surface area contributed by atoms with Crippen LogP contribution in [0.2, 0.25) is 0 Å². The number of ether oxygens (including phenoxy) is 1. The number of benzene rings is 3. The van der Waals surface area contributed by atoms with Gasteiger partial charge in [0.05, 0.1) is 24.1 Å². The zero-order chi connectivity index (χ0) is 37.6. The number of fused-ring (bicyclic) bond motifs is 1. The highest BCUT2D eigenvalue weighted by Crippen LogP contribution is 2.43. The minimum atomic E-state index is -4.02. The first-order valence-corrected chi connectivity index (χ1v) is 18.9. The number of likely N-dealkylation sites (tertiary alicyclic amines) is 2. The second-order valence-corrected chi connectivity index (χ2v) is 16.4. The van der Waals surface area contributed by atoms with E-state index in [1.807, 2.05) is 20.8 Å². The lowest BCUT2D eigenvalue weighted by molar-refractivity contribution is 0.0274. The van der Waals surface area contributed by atoms with Crippen molar-refractivity contribution in [3.63, 3.8) is 0 Å². The quantitative estimate of drug-likeness (QED) is 0.213. The van der Waals surface area contributed by atoms with E-state index in [0.29, 0.717) is 53.8 Å². The van der Waals surface area contributed by atoms with Gasteiger partial charge in [-0.1, -0.05) is 12.1 Å². The molecule has 0 bridgehead atoms. The van der Waals surface area contributed by atoms with Crippen LogP contribution in [0.15, 0.2) is 65.1 Å². The second-order valence-electron chi connectivity index (χ2n) is 14.5. The van der Waals surface area contributed by atoms with Crippen LogP contribution in [-0.4, -0.2) is 94.4 Å². The van der Waals surface area contributed by atoms with Gasteiger partial charge in [-0.2, -0.15) is 0 Å². The molecule has 14 heteroatoms. The van der Waals surface area contributed by atoms with Crippen molar-refractivity contribution in [3.8, 4) is 22.5 Å². The number of amides is 3. The van der Waals surface area contributed by atoms with Crippen molar-refractivity contribution in [3.05, 3.63) is 77.6 Å². The van der Waals surface area contributed by atoms with Gasteiger partial charge in [0, 0.05) is 68.2 Å². The number of carbonyl (C=O) groups excluding carboxylic acids is 3. The van der Waals surface area contributed by atoms with Crippen LogP contribution in [0.3, 0.4) is 0 Å². The maximum atomic E-state index is 14.0. The average molecular weight is 739 g/mol. The van der Waals surface area contributed by atoms with Gasteiger partial charge in [-0.25, -0.2) is 22.0 Å². The lowest BCUT2D eigenvalue weighted by Crippen LogP contribution is -2.38. The lowest BCUT2D eigenvalue weighted by Gasteiger charge is -2.27. The predicted octanol–water partition coefficient (Wildman–Crippen LogP) is 6.72. The Morgan fingerprint density at radius 3 is 2.31 bits per heavy atom. The van der Waals surface area contributed by atoms with Crippen LogP contribution < -0.4 is 9.62 Å². The number of nitrogens with one attached hydrogen (secondary N) is 1. The fourth-order valence-corrected chi connectivity index (χ4v) is 8.04. The molecule has 1 N–H and O–H groups in total. The van der Waals surface area contributed by atoms with Crippen molar-refractivity contribution >= 4 is 44.6 Å². The van der Waals surface area contributed by atoms with Gasteiger partial charge in [0.1, 0.15) is 29.4 Å². The van der Waals surface area contributed by atoms with E-state index in [4.69, 9.17) is 9.15 Å². The van der Waals surface area contributed by atoms with Crippen molar-refractivity contribution in [2.24, 2.45) is 5.41 Å². The summed E-state index contributed by atoms with van der Waals surface area (Å²) in [5, 5.41) is 2.94. The molecule has 11 nitrogen and oxygen atoms in total. The van der Waals surface area contributed by atoms with Gasteiger partial charge >= 0.3 is 6.09 Å². The number of alkyl halides is 1. The van der Waals surface area contributed by atoms with Crippen LogP contribution >= 0.6 is 0 Å². The zero-order valence-electron chi connectivity index (χ0n) is 29.8. The molecule has 2 aliphatic rings. The molecule has 3 amide bonds. The van der Waals surface area contributed by atoms with Gasteiger partial charge in [0.25, 0.3) is 11.8 Å². The largest absolute Gasteiger partial charge is 0.455 e. The van der Waals surface area contributed by atoms with Gasteiger partial charge in [-0.3, -0.25) is 13.9 Å². The third-order valence-corrected chi connectivity index (χ3v) is 10.7. The first-order valence-electron chi connectivity index (χ1n) is 17.0. The molecule has 6 rings (SSSR count). The predicted molar refractivity (Wildman–Crippen MR) is 196 cm³/mol. The smallest absolute Gasteiger partial charge is 0.410 e. The lowest BCUT2D eigenvalue weighted by atomic mass is 9.86. The zero-order valence-corrected chi connectivity index (χ0v) is 30.6. The van der Waals surface area contributed by atoms with E-state index in [2.05, 4.69) is 5.32 Å². The van der Waals surface area contributed by atoms with E-state index in [-0.39, 0.29) is 41.4 Å². The van der Waals surface area contributed by atoms with Crippen LogP contribution in [0.1, 0.15) is 55.8 Å². The number of hydrogen-bond acceptors (Lipinski definition) is 7. The number of furan rings is 1. The van der Waals surface area contributed by atoms with Crippen molar-refractivity contribution in [1.82, 2.24) is 15.1 Å². The molecule has 1 aromatic heterocycles. The van der Waals surface area contributed by atoms with Crippen molar-refractivity contribution < 1.29 is 42.2 Å². The minimum absolute atomic E-state index is 0. The summed E-state index contributed by atoms with van der Waals surface area (Å²) < 4.78 is 66.5. The molecule has 3 heterocycles. The van der Waals surface area contributed by atoms with E-state index in [9.17, 15) is 31.6 Å². The van der Waals surface area contributed by atoms with Gasteiger partial charge in [0.15, 0.2) is 0 Å². The van der Waals surface area contributed by atoms with Gasteiger partial charge in [-0.05, 0) is 81.6 Å². The monoisotopic (exact) mass is 738 g/mol. The standard InChI is InChI=1S/C38H42F2N4O7S.H2/c1-37(2,3)51-36(47)43-17-14-38(23-43)13-16-42(22-38)35(46)26-8-6-7-25(19-26)28-20-29-31(21-30(28)44(18-15-39)52(5,48)49)50-33(32(29)34(45)41-4)24-9-11-27(40)12-10-24;/h6-12,19-21H,13-18,22-23H2,1-5H3,(H,41,45);1H. The Morgan fingerprint density at radius 1 is 1.00 bits per heavy atom. The van der Waals surface area contributed by atoms with Crippen molar-refractivity contribution in [1.29, 1.82) is 0 Å². The molecule has 0 saturated carbocycles. The number of hydrogen-bond donors (Lipinski definition) is 1. The first-order chi connectivity index (χ1) is 24.5. The SMILES string of the molecule is CNC(=O)c1c(-c2ccc(F)cc2)oc2cc(N(CCF)S(C)(=O)=O)c(-c3cccc(C(=O)N4CCC5(CCN(C(=O)OC(C)(C)C)C5)C4)c3)cc12.[HH]. The van der Waals surface area contributed by atoms with Crippen LogP contribution in [0.5, 0.6) is 0 Å². The number of nitrogens with zero attached hydrogens (tertiary/aromatic N) is 3. The first kappa shape index (κ1) is 36.8. The van der Waals surface area contributed by atoms with E-state index >= 15 is 0 Å². The van der Waals surface area contributed by atoms with Gasteiger partial charge in [-0.15, -0.1) is 0 Å². The summed E-state index contributed by atoms with van der Waals surface area (Å²) in [6.45, 7) is 5.99. The van der Waals surface area contributed by atoms with E-state index < -0.39 is 40.6 Å². The molecule has 2 aliphatic heterocycles. The molecule has 0 aliphatic carbocycles. The van der Waals surface area contributed by atoms with Crippen LogP contribution in [0, 0.1) is 11.2 Å². The minimum Gasteiger partial charge on any atom is -0.455 e. The Morgan fingerprint density at radius 2 is 1.67 bits per heavy atom. The summed E-state index contributed by atoms with van der Waals surface area (Å²) in [7, 11) is -2.56. The fraction of sp³-hybridized carbons (Fsp3) is 0.395. The molecule has 1 unspecified atom stereocenters. The highest BCUT2D eigenvalue weighted by Gasteiger charge is 2.47. The number of rotatable bonds is 8. The normalized spacial score (nSPS) is 17.6. The fourth-order valence-electron chi connectivity index (χ4n) is 7.13. The van der Waals surface area contributed by atoms with Gasteiger partial charge in [0.2, 0.25) is 10.0 Å². The van der Waals surface area contributed by atoms with Crippen LogP contribution in [-0.2, 0) is 14.8 Å². The molecule has 3 aromatic carbocycles. The number of halogens is 2. The number of anilines is 1. The summed E-state index contributed by atoms with van der Waals surface area (Å²) in [5.74, 6) is -1.07. The Balaban J connectivity index is 0.00000541. The molecular formula is C38H44F2N4O7S. The molecule has 2 fully saturated rings. The Kier molecular flexibility index (Phi) is 9.81. The van der Waals surface area contributed by atoms with Crippen LogP contribution in [0.25, 0.3) is 33.4 Å². The van der Waals surface area contributed by atoms with Gasteiger partial charge < -0.3 is 24.3 Å². The second kappa shape index (κ2) is 13.9. The molecule has 1 spiro atoms. The van der Waals surface area contributed by atoms with E-state index in [0.717, 1.165) is 23.4 Å². The third kappa shape index (κ3) is 7.34. The maximum absolute atomic E-state index is 14.0. The van der Waals surface area contributed by atoms with E-state index in [1.165, 1.54) is 37.4 Å². The number of carbonyl (C=O) groups is 3. The average Bonchev–Trinajstić information content (AvgIpc) is 3.82. The summed E-state index contributed by atoms with van der Waals surface area (Å²) in [6, 6.07) is 15.1. The third-order valence-electron chi connectivity index (χ3n) is 9.56. The van der Waals surface area contributed by atoms with Crippen LogP contribution in [0.4, 0.5) is 19.3 Å². The molecule has 2 saturated heterocycles. The molecule has 4 aromatic rings. The molecule has 52 heavy (non-hydrogen) atoms. The summed E-state index contributed by atoms with van der Waals surface area (Å²) in [5.41, 5.74) is 1.05. The van der Waals surface area contributed by atoms with E-state index in [1.54, 1.807) is 40.1 Å². The van der Waals surface area contributed by atoms with Crippen molar-refractivity contribution in [2.75, 3.05) is 57.0 Å². The molecule has 278 valence electrons. The highest BCUT2D eigenvalue weighted by atomic mass is 32.2. The summed E-state index contributed by atoms with van der Waals surface area (Å²) in [4.78, 5) is 43.5. The molecule has 0 radical (unpaired) electrons. The number of sulfonamides is 1. The summed E-state index contributed by atoms with van der Waals surface area (Å²) >= 11 is 0. The summed E-state index contributed by atoms with van der Waals surface area (Å²) in [6.07, 6.45) is 2.07. The molecular weight excluding hydrogens is 695 g/mol. The topological polar surface area (TPSA) is 129 Å². The Bertz CT molecular complexity index is 2150.